The molecule has 0 atom stereocenters. The zero-order chi connectivity index (χ0) is 31.6. The van der Waals surface area contributed by atoms with Crippen LogP contribution in [0.25, 0.3) is 22.5 Å². The molecule has 13 nitrogen and oxygen atoms in total. The number of hydrogen-bond donors (Lipinski definition) is 1. The van der Waals surface area contributed by atoms with Crippen molar-refractivity contribution < 1.29 is 50.3 Å². The van der Waals surface area contributed by atoms with Gasteiger partial charge in [-0.15, -0.1) is 0 Å². The molecule has 1 N–H and O–H groups in total. The SMILES string of the molecule is CCNC(=O)c1noc(-c2cc(Cl)c(OP(=O)(OCC)OCC)cc2OP(=O)(OCC)OCC)c1-c1ccc(OC)cc1. The van der Waals surface area contributed by atoms with Crippen molar-refractivity contribution in [2.24, 2.45) is 0 Å². The number of nitrogens with one attached hydrogen (secondary N) is 1. The van der Waals surface area contributed by atoms with Gasteiger partial charge in [0.2, 0.25) is 0 Å². The number of phosphoric acid groups is 2. The minimum atomic E-state index is -4.21. The summed E-state index contributed by atoms with van der Waals surface area (Å²) in [5, 5.41) is 6.68. The molecule has 0 fully saturated rings. The van der Waals surface area contributed by atoms with Crippen molar-refractivity contribution in [1.29, 1.82) is 0 Å². The number of amides is 1. The second-order valence-corrected chi connectivity index (χ2v) is 11.9. The Morgan fingerprint density at radius 3 is 1.88 bits per heavy atom. The van der Waals surface area contributed by atoms with Crippen LogP contribution in [0.2, 0.25) is 5.02 Å². The van der Waals surface area contributed by atoms with Gasteiger partial charge in [0, 0.05) is 12.6 Å². The van der Waals surface area contributed by atoms with E-state index in [1.165, 1.54) is 19.2 Å². The Balaban J connectivity index is 2.31. The van der Waals surface area contributed by atoms with Crippen molar-refractivity contribution >= 4 is 33.2 Å². The van der Waals surface area contributed by atoms with Crippen LogP contribution in [0.5, 0.6) is 17.2 Å². The number of carbonyl (C=O) groups excluding carboxylic acids is 1. The van der Waals surface area contributed by atoms with Gasteiger partial charge in [-0.25, -0.2) is 9.13 Å². The summed E-state index contributed by atoms with van der Waals surface area (Å²) >= 11 is 6.61. The summed E-state index contributed by atoms with van der Waals surface area (Å²) in [7, 11) is -6.79. The van der Waals surface area contributed by atoms with E-state index in [2.05, 4.69) is 10.5 Å². The van der Waals surface area contributed by atoms with E-state index in [9.17, 15) is 13.9 Å². The van der Waals surface area contributed by atoms with Crippen molar-refractivity contribution in [2.45, 2.75) is 34.6 Å². The molecule has 1 amide bonds. The van der Waals surface area contributed by atoms with Crippen LogP contribution < -0.4 is 19.1 Å². The molecule has 1 heterocycles. The maximum atomic E-state index is 13.5. The smallest absolute Gasteiger partial charge is 0.497 e. The van der Waals surface area contributed by atoms with Gasteiger partial charge in [-0.1, -0.05) is 28.9 Å². The molecule has 16 heteroatoms. The molecule has 0 saturated heterocycles. The molecule has 0 aliphatic heterocycles. The second kappa shape index (κ2) is 15.7. The Morgan fingerprint density at radius 2 is 1.40 bits per heavy atom. The van der Waals surface area contributed by atoms with Gasteiger partial charge >= 0.3 is 15.6 Å². The van der Waals surface area contributed by atoms with E-state index in [0.29, 0.717) is 17.9 Å². The van der Waals surface area contributed by atoms with Crippen molar-refractivity contribution in [3.63, 3.8) is 0 Å². The summed E-state index contributed by atoms with van der Waals surface area (Å²) in [6.45, 7) is 8.59. The van der Waals surface area contributed by atoms with Gasteiger partial charge < -0.3 is 23.6 Å². The summed E-state index contributed by atoms with van der Waals surface area (Å²) in [4.78, 5) is 13.0. The quantitative estimate of drug-likeness (QED) is 0.142. The fraction of sp³-hybridized carbons (Fsp3) is 0.407. The maximum absolute atomic E-state index is 13.5. The van der Waals surface area contributed by atoms with E-state index in [1.54, 1.807) is 58.9 Å². The fourth-order valence-corrected chi connectivity index (χ4v) is 6.47. The largest absolute Gasteiger partial charge is 0.530 e. The van der Waals surface area contributed by atoms with Gasteiger partial charge in [-0.05, 0) is 58.4 Å². The highest BCUT2D eigenvalue weighted by Crippen LogP contribution is 2.56. The lowest BCUT2D eigenvalue weighted by molar-refractivity contribution is 0.0947. The van der Waals surface area contributed by atoms with Crippen LogP contribution in [-0.2, 0) is 27.2 Å². The summed E-state index contributed by atoms with van der Waals surface area (Å²) in [6, 6.07) is 9.40. The Kier molecular flexibility index (Phi) is 12.6. The summed E-state index contributed by atoms with van der Waals surface area (Å²) in [5.41, 5.74) is 0.892. The topological polar surface area (TPSA) is 154 Å². The molecule has 3 aromatic rings. The Bertz CT molecular complexity index is 1460. The first-order chi connectivity index (χ1) is 20.6. The van der Waals surface area contributed by atoms with E-state index in [0.717, 1.165) is 0 Å². The molecule has 0 bridgehead atoms. The summed E-state index contributed by atoms with van der Waals surface area (Å²) in [6.07, 6.45) is 0. The molecule has 0 spiro atoms. The molecule has 2 aromatic carbocycles. The van der Waals surface area contributed by atoms with Crippen LogP contribution in [0.15, 0.2) is 40.9 Å². The predicted octanol–water partition coefficient (Wildman–Crippen LogP) is 7.54. The summed E-state index contributed by atoms with van der Waals surface area (Å²) < 4.78 is 70.2. The molecule has 236 valence electrons. The number of phosphoric ester groups is 2. The lowest BCUT2D eigenvalue weighted by Crippen LogP contribution is -2.23. The highest BCUT2D eigenvalue weighted by Gasteiger charge is 2.35. The molecule has 0 unspecified atom stereocenters. The van der Waals surface area contributed by atoms with Crippen LogP contribution in [0.4, 0.5) is 0 Å². The van der Waals surface area contributed by atoms with Crippen molar-refractivity contribution in [3.05, 3.63) is 47.1 Å². The Hall–Kier alpha value is -2.89. The maximum Gasteiger partial charge on any atom is 0.530 e. The minimum absolute atomic E-state index is 0.00577. The van der Waals surface area contributed by atoms with Crippen molar-refractivity contribution in [2.75, 3.05) is 40.1 Å². The fourth-order valence-electron chi connectivity index (χ4n) is 3.81. The second-order valence-electron chi connectivity index (χ2n) is 8.35. The minimum Gasteiger partial charge on any atom is -0.497 e. The lowest BCUT2D eigenvalue weighted by atomic mass is 9.98. The molecule has 1 aromatic heterocycles. The third kappa shape index (κ3) is 8.61. The lowest BCUT2D eigenvalue weighted by Gasteiger charge is -2.21. The molecule has 0 aliphatic rings. The number of ether oxygens (including phenoxy) is 1. The van der Waals surface area contributed by atoms with E-state index in [-0.39, 0.29) is 65.5 Å². The first-order valence-electron chi connectivity index (χ1n) is 13.5. The number of hydrogen-bond acceptors (Lipinski definition) is 12. The van der Waals surface area contributed by atoms with Crippen LogP contribution in [-0.4, -0.2) is 51.1 Å². The number of carbonyl (C=O) groups is 1. The normalized spacial score (nSPS) is 11.8. The Labute approximate surface area is 255 Å². The van der Waals surface area contributed by atoms with Crippen LogP contribution in [0.3, 0.4) is 0 Å². The van der Waals surface area contributed by atoms with Crippen molar-refractivity contribution in [1.82, 2.24) is 10.5 Å². The molecule has 3 rings (SSSR count). The molecule has 43 heavy (non-hydrogen) atoms. The number of methoxy groups -OCH3 is 1. The van der Waals surface area contributed by atoms with Crippen LogP contribution in [0.1, 0.15) is 45.1 Å². The van der Waals surface area contributed by atoms with E-state index >= 15 is 0 Å². The highest BCUT2D eigenvalue weighted by molar-refractivity contribution is 7.49. The van der Waals surface area contributed by atoms with E-state index in [1.807, 2.05) is 0 Å². The number of nitrogens with zero attached hydrogens (tertiary/aromatic N) is 1. The average Bonchev–Trinajstić information content (AvgIpc) is 3.40. The molecular weight excluding hydrogens is 626 g/mol. The zero-order valence-electron chi connectivity index (χ0n) is 24.7. The molecule has 0 saturated carbocycles. The molecule has 0 radical (unpaired) electrons. The van der Waals surface area contributed by atoms with Crippen LogP contribution in [0, 0.1) is 0 Å². The van der Waals surface area contributed by atoms with E-state index < -0.39 is 21.6 Å². The number of benzene rings is 2. The van der Waals surface area contributed by atoms with Crippen LogP contribution >= 0.6 is 27.2 Å². The standard InChI is InChI=1S/C27H35ClN2O11P2/c1-7-29-27(31)25-24(18-12-14-19(34-6)15-13-18)26(39-30-25)20-16-21(28)23(41-43(33,37-10-4)38-11-5)17-22(20)40-42(32,35-8-2)36-9-3/h12-17H,7-11H2,1-6H3,(H,29,31). The van der Waals surface area contributed by atoms with Crippen molar-refractivity contribution in [3.8, 4) is 39.7 Å². The number of aromatic nitrogens is 1. The van der Waals surface area contributed by atoms with Gasteiger partial charge in [0.25, 0.3) is 5.91 Å². The third-order valence-corrected chi connectivity index (χ3v) is 8.90. The van der Waals surface area contributed by atoms with Gasteiger partial charge in [-0.3, -0.25) is 22.9 Å². The average molecular weight is 661 g/mol. The number of halogens is 1. The van der Waals surface area contributed by atoms with Gasteiger partial charge in [-0.2, -0.15) is 0 Å². The summed E-state index contributed by atoms with van der Waals surface area (Å²) in [5.74, 6) is -0.234. The van der Waals surface area contributed by atoms with E-state index in [4.69, 9.17) is 48.0 Å². The highest BCUT2D eigenvalue weighted by atomic mass is 35.5. The molecular formula is C27H35ClN2O11P2. The van der Waals surface area contributed by atoms with Gasteiger partial charge in [0.15, 0.2) is 17.2 Å². The van der Waals surface area contributed by atoms with Gasteiger partial charge in [0.1, 0.15) is 11.5 Å². The first kappa shape index (κ1) is 34.6. The molecule has 0 aliphatic carbocycles. The monoisotopic (exact) mass is 660 g/mol. The predicted molar refractivity (Wildman–Crippen MR) is 160 cm³/mol. The van der Waals surface area contributed by atoms with Gasteiger partial charge in [0.05, 0.1) is 49.7 Å². The first-order valence-corrected chi connectivity index (χ1v) is 16.8. The number of rotatable bonds is 17. The third-order valence-electron chi connectivity index (χ3n) is 5.47. The Morgan fingerprint density at radius 1 is 0.860 bits per heavy atom. The zero-order valence-corrected chi connectivity index (χ0v) is 27.3.